The van der Waals surface area contributed by atoms with Gasteiger partial charge >= 0.3 is 0 Å². The van der Waals surface area contributed by atoms with Crippen molar-refractivity contribution in [2.45, 2.75) is 403 Å². The zero-order valence-corrected chi connectivity index (χ0v) is 79.3. The minimum Gasteiger partial charge on any atom is -0.394 e. The number of ether oxygens (including phenoxy) is 23. The molecule has 12 saturated heterocycles. The third kappa shape index (κ3) is 26.9. The summed E-state index contributed by atoms with van der Waals surface area (Å²) in [5.41, 5.74) is 0. The number of aliphatic hydroxyl groups is 33. The van der Waals surface area contributed by atoms with E-state index >= 15 is 0 Å². The van der Waals surface area contributed by atoms with E-state index in [9.17, 15) is 192 Å². The van der Waals surface area contributed by atoms with Gasteiger partial charge in [-0.05, 0) is 0 Å². The summed E-state index contributed by atoms with van der Waals surface area (Å²) >= 11 is 0. The SMILES string of the molecule is CC(=O)N[C@@H]1[C@@H](O)[C@H](O[C@@H]2O[C@H](CO[C@H]3O[C@H](CO[C@@H]4O[C@H](CO)[C@@H](O[C@@H]5O[C@H](CO)[C@H](O)[C@H](O)[C@H]5O)[C@@H](O)[C@H]4NC(C)=O)[C@@H](O)[C@H](O)[C@@H]3O[C@H]3O[C@H](CO)[C@@H](O[C@@H]4O[C@H](CO)[C@H](O)[C@H](O)[C@H]4O)[C@H](O)[C@H]3NC(C)=O)[C@@H](O)[C@H](O[C@H]3O[C@H](CO)[C@@H](O[C@@H]4O[C@H](CO)[C@@H](O[C@@H]5O[C@H](CO)[C@H](O)[C@H](O)[C@H]5O)[C@H](O)[C@H]4NC(C)=O)[C@H](O)[C@@H]3O[C@@H]3O[C@H](CO)[C@@H](O[C@@H]4O[C@H](CO)[C@H](O)[C@H](O)[C@H]4O)[C@H](O)[C@H]3NC(C)=O)[C@@H]2O)[C@@H](CO)O[C@H]1O. The maximum Gasteiger partial charge on any atom is 0.217 e. The molecule has 12 rings (SSSR count). The number of aliphatic hydroxyl groups excluding tert-OH is 33. The Morgan fingerprint density at radius 2 is 0.378 bits per heavy atom. The zero-order chi connectivity index (χ0) is 109. The van der Waals surface area contributed by atoms with Crippen LogP contribution in [0.25, 0.3) is 0 Å². The highest BCUT2D eigenvalue weighted by Gasteiger charge is 2.64. The highest BCUT2D eigenvalue weighted by atomic mass is 16.8. The molecule has 12 aliphatic rings. The molecule has 0 aromatic carbocycles. The first-order chi connectivity index (χ1) is 70.1. The Hall–Kier alpha value is -4.89. The van der Waals surface area contributed by atoms with Crippen molar-refractivity contribution < 1.29 is 301 Å². The van der Waals surface area contributed by atoms with Gasteiger partial charge in [0.15, 0.2) is 75.5 Å². The maximum atomic E-state index is 13.5. The van der Waals surface area contributed by atoms with Crippen LogP contribution in [0.5, 0.6) is 0 Å². The van der Waals surface area contributed by atoms with Crippen LogP contribution in [0.15, 0.2) is 0 Å². The van der Waals surface area contributed by atoms with Gasteiger partial charge in [-0.25, -0.2) is 0 Å². The molecule has 148 heavy (non-hydrogen) atoms. The molecule has 12 fully saturated rings. The normalized spacial score (nSPS) is 49.3. The Kier molecular flexibility index (Phi) is 43.9. The van der Waals surface area contributed by atoms with Crippen molar-refractivity contribution in [3.63, 3.8) is 0 Å². The van der Waals surface area contributed by atoms with Gasteiger partial charge < -0.3 is 304 Å². The molecule has 0 aromatic heterocycles. The number of hydrogen-bond acceptors (Lipinski definition) is 61. The Morgan fingerprint density at radius 1 is 0.176 bits per heavy atom. The summed E-state index contributed by atoms with van der Waals surface area (Å²) in [6.45, 7) is -9.77. The fraction of sp³-hybridized carbons (Fsp3) is 0.939. The van der Waals surface area contributed by atoms with E-state index in [0.717, 1.165) is 34.6 Å². The van der Waals surface area contributed by atoms with Crippen LogP contribution in [0, 0.1) is 0 Å². The summed E-state index contributed by atoms with van der Waals surface area (Å²) in [5.74, 6) is -5.06. The average Bonchev–Trinajstić information content (AvgIpc) is 0.763. The van der Waals surface area contributed by atoms with Crippen LogP contribution in [-0.2, 0) is 133 Å². The van der Waals surface area contributed by atoms with Crippen LogP contribution < -0.4 is 26.6 Å². The zero-order valence-electron chi connectivity index (χ0n) is 79.3. The molecule has 0 bridgehead atoms. The first kappa shape index (κ1) is 122. The van der Waals surface area contributed by atoms with Gasteiger partial charge in [0.1, 0.15) is 293 Å². The van der Waals surface area contributed by atoms with Crippen LogP contribution in [0.3, 0.4) is 0 Å². The van der Waals surface area contributed by atoms with E-state index in [1.165, 1.54) is 0 Å². The molecule has 0 spiro atoms. The molecule has 0 aliphatic carbocycles. The van der Waals surface area contributed by atoms with Crippen LogP contribution >= 0.6 is 0 Å². The molecule has 0 saturated carbocycles. The Morgan fingerprint density at radius 3 is 0.689 bits per heavy atom. The molecule has 66 heteroatoms. The van der Waals surface area contributed by atoms with E-state index in [4.69, 9.17) is 109 Å². The van der Waals surface area contributed by atoms with Crippen molar-refractivity contribution in [2.75, 3.05) is 79.3 Å². The summed E-state index contributed by atoms with van der Waals surface area (Å²) in [6.07, 6.45) is -121. The first-order valence-electron chi connectivity index (χ1n) is 47.2. The third-order valence-corrected chi connectivity index (χ3v) is 27.1. The lowest BCUT2D eigenvalue weighted by Gasteiger charge is -2.52. The van der Waals surface area contributed by atoms with Crippen molar-refractivity contribution >= 4 is 29.5 Å². The van der Waals surface area contributed by atoms with E-state index in [0.29, 0.717) is 0 Å². The van der Waals surface area contributed by atoms with Gasteiger partial charge in [-0.2, -0.15) is 0 Å². The molecule has 0 radical (unpaired) electrons. The number of hydrogen-bond donors (Lipinski definition) is 38. The number of carbonyl (C=O) groups excluding carboxylic acids is 5. The monoisotopic (exact) mass is 2170 g/mol. The highest BCUT2D eigenvalue weighted by Crippen LogP contribution is 2.43. The lowest BCUT2D eigenvalue weighted by atomic mass is 9.93. The minimum absolute atomic E-state index is 0.855. The summed E-state index contributed by atoms with van der Waals surface area (Å²) < 4.78 is 138. The molecule has 0 unspecified atom stereocenters. The van der Waals surface area contributed by atoms with E-state index in [1.807, 2.05) is 0 Å². The largest absolute Gasteiger partial charge is 0.394 e. The Balaban J connectivity index is 0.931. The lowest BCUT2D eigenvalue weighted by molar-refractivity contribution is -0.406. The van der Waals surface area contributed by atoms with E-state index in [-0.39, 0.29) is 0 Å². The van der Waals surface area contributed by atoms with Gasteiger partial charge in [0.2, 0.25) is 29.5 Å². The second-order valence-corrected chi connectivity index (χ2v) is 37.4. The standard InChI is InChI=1S/C82H137N5O61/c1-18(98)83-35-46(109)62(27(10-92)128-71(35)125)145-80-61(124)68(146-82-70(148-75-39(87-22(5)102)50(113)66(31(14-96)136-75)144-79-59(122)54(117)43(106)26(9-91)132-79)60(123)67(32(15-97)137-82)140-73-37(85-20(3)100)48(111)64(29(12-94)134-73)142-77-57(120)52(115)41(104)24(7-89)130-77)45(108)34(138-80)17-127-81-69(147-74-38(86-21(4)101)49(112)65(30(13-95)135-74)143-78-58(121)53(116)42(105)25(8-90)131-78)55(118)44(107)33(139-81)16-126-72-36(84-19(2)99)47(110)63(28(11-93)133-72)141-76-56(119)51(114)40(103)23(6-88)129-76/h23-82,88-97,103-125H,6-17H2,1-5H3,(H,83,98)(H,84,99)(H,85,100)(H,86,101)(H,87,102)/t23-,24-,25-,26-,27-,28-,29-,30-,31-,32-,33-,34-,35-,36-,37-,38-,39-,40+,41+,42+,43+,44-,45-,46-,47+,48-,49-,50-,51+,52+,53+,54+,55+,56-,57-,58-,59-,60+,61+,62-,63-,64-,65-,66-,67-,68+,69+,70+,71-,72-,73+,74-,75+,76+,77+,78+,79+,80+,81+,82-/m1/s1. The van der Waals surface area contributed by atoms with Gasteiger partial charge in [-0.3, -0.25) is 24.0 Å². The predicted molar refractivity (Wildman–Crippen MR) is 453 cm³/mol. The van der Waals surface area contributed by atoms with Crippen LogP contribution in [0.2, 0.25) is 0 Å². The number of nitrogens with one attached hydrogen (secondary N) is 5. The third-order valence-electron chi connectivity index (χ3n) is 27.1. The van der Waals surface area contributed by atoms with Gasteiger partial charge in [-0.1, -0.05) is 0 Å². The van der Waals surface area contributed by atoms with Crippen molar-refractivity contribution in [3.8, 4) is 0 Å². The molecular weight excluding hydrogens is 2030 g/mol. The molecule has 66 nitrogen and oxygen atoms in total. The number of rotatable bonds is 39. The van der Waals surface area contributed by atoms with Crippen molar-refractivity contribution in [3.05, 3.63) is 0 Å². The molecule has 12 aliphatic heterocycles. The van der Waals surface area contributed by atoms with Gasteiger partial charge in [-0.15, -0.1) is 0 Å². The molecule has 12 heterocycles. The van der Waals surface area contributed by atoms with Crippen LogP contribution in [0.1, 0.15) is 34.6 Å². The Bertz CT molecular complexity index is 4130. The van der Waals surface area contributed by atoms with Crippen molar-refractivity contribution in [2.24, 2.45) is 0 Å². The average molecular weight is 2170 g/mol. The summed E-state index contributed by atoms with van der Waals surface area (Å²) in [5, 5.41) is 384. The minimum atomic E-state index is -2.76. The van der Waals surface area contributed by atoms with E-state index in [1.54, 1.807) is 0 Å². The Labute approximate surface area is 837 Å². The van der Waals surface area contributed by atoms with E-state index < -0.39 is 477 Å². The molecule has 856 valence electrons. The van der Waals surface area contributed by atoms with Crippen molar-refractivity contribution in [1.29, 1.82) is 0 Å². The summed E-state index contributed by atoms with van der Waals surface area (Å²) in [6, 6.07) is -10.1. The maximum absolute atomic E-state index is 13.5. The van der Waals surface area contributed by atoms with Crippen LogP contribution in [-0.4, -0.2) is 645 Å². The van der Waals surface area contributed by atoms with Gasteiger partial charge in [0.05, 0.1) is 79.3 Å². The van der Waals surface area contributed by atoms with E-state index in [2.05, 4.69) is 26.6 Å². The highest BCUT2D eigenvalue weighted by molar-refractivity contribution is 5.75. The molecule has 60 atom stereocenters. The van der Waals surface area contributed by atoms with Gasteiger partial charge in [0, 0.05) is 34.6 Å². The van der Waals surface area contributed by atoms with Crippen LogP contribution in [0.4, 0.5) is 0 Å². The van der Waals surface area contributed by atoms with Crippen molar-refractivity contribution in [1.82, 2.24) is 26.6 Å². The summed E-state index contributed by atoms with van der Waals surface area (Å²) in [4.78, 5) is 65.7. The summed E-state index contributed by atoms with van der Waals surface area (Å²) in [7, 11) is 0. The first-order valence-corrected chi connectivity index (χ1v) is 47.2. The topological polar surface area (TPSA) is 1030 Å². The molecule has 38 N–H and O–H groups in total. The van der Waals surface area contributed by atoms with Gasteiger partial charge in [0.25, 0.3) is 0 Å². The number of carbonyl (C=O) groups is 5. The fourth-order valence-corrected chi connectivity index (χ4v) is 19.2. The molecule has 0 aromatic rings. The smallest absolute Gasteiger partial charge is 0.217 e. The fourth-order valence-electron chi connectivity index (χ4n) is 19.2. The molecular formula is C82H137N5O61. The predicted octanol–water partition coefficient (Wildman–Crippen LogP) is -26.4. The second kappa shape index (κ2) is 53.4. The lowest BCUT2D eigenvalue weighted by Crippen LogP contribution is -2.71. The second-order valence-electron chi connectivity index (χ2n) is 37.4. The number of amides is 5. The quantitative estimate of drug-likeness (QED) is 0.0272. The molecule has 5 amide bonds.